The van der Waals surface area contributed by atoms with Gasteiger partial charge < -0.3 is 5.73 Å². The smallest absolute Gasteiger partial charge is 0.219 e. The lowest BCUT2D eigenvalue weighted by atomic mass is 9.76. The van der Waals surface area contributed by atoms with Crippen LogP contribution in [-0.2, 0) is 4.79 Å². The van der Waals surface area contributed by atoms with E-state index in [4.69, 9.17) is 28.9 Å². The number of carbonyl (C=O) groups excluding carboxylic acids is 1. The van der Waals surface area contributed by atoms with E-state index in [-0.39, 0.29) is 11.6 Å². The summed E-state index contributed by atoms with van der Waals surface area (Å²) in [6.45, 7) is 2.04. The lowest BCUT2D eigenvalue weighted by Gasteiger charge is -2.38. The molecule has 0 saturated carbocycles. The van der Waals surface area contributed by atoms with Gasteiger partial charge in [0, 0.05) is 17.7 Å². The molecule has 2 aliphatic rings. The third-order valence-corrected chi connectivity index (χ3v) is 7.71. The molecule has 2 N–H and O–H groups in total. The number of nitrogens with zero attached hydrogens (tertiary/aromatic N) is 4. The third kappa shape index (κ3) is 3.60. The Kier molecular flexibility index (Phi) is 6.07. The maximum atomic E-state index is 13.1. The van der Waals surface area contributed by atoms with Crippen LogP contribution in [0.25, 0.3) is 0 Å². The van der Waals surface area contributed by atoms with Gasteiger partial charge in [0.05, 0.1) is 27.6 Å². The van der Waals surface area contributed by atoms with Crippen molar-refractivity contribution in [1.29, 1.82) is 5.26 Å². The first-order chi connectivity index (χ1) is 14.5. The van der Waals surface area contributed by atoms with Crippen molar-refractivity contribution in [3.05, 3.63) is 56.5 Å². The number of allylic oxidation sites excluding steroid dienone is 3. The fraction of sp³-hybridized carbons (Fsp3) is 0.300. The second-order valence-corrected chi connectivity index (χ2v) is 10.1. The number of hydrogen-bond acceptors (Lipinski definition) is 8. The van der Waals surface area contributed by atoms with Crippen LogP contribution in [0.4, 0.5) is 5.13 Å². The molecule has 4 rings (SSSR count). The number of benzene rings is 1. The number of hydrogen-bond donors (Lipinski definition) is 1. The molecule has 1 aromatic heterocycles. The number of aromatic nitrogens is 2. The van der Waals surface area contributed by atoms with Gasteiger partial charge in [-0.1, -0.05) is 59.3 Å². The molecule has 0 radical (unpaired) electrons. The van der Waals surface area contributed by atoms with Crippen LogP contribution in [0.15, 0.2) is 45.2 Å². The third-order valence-electron chi connectivity index (χ3n) is 5.05. The van der Waals surface area contributed by atoms with Crippen molar-refractivity contribution in [3.8, 4) is 6.07 Å². The van der Waals surface area contributed by atoms with E-state index in [2.05, 4.69) is 16.3 Å². The molecular weight excluding hydrogens is 461 g/mol. The van der Waals surface area contributed by atoms with Crippen molar-refractivity contribution in [2.24, 2.45) is 5.73 Å². The Morgan fingerprint density at radius 2 is 2.13 bits per heavy atom. The molecule has 10 heteroatoms. The van der Waals surface area contributed by atoms with Crippen LogP contribution in [0.3, 0.4) is 0 Å². The number of halogens is 2. The highest BCUT2D eigenvalue weighted by Crippen LogP contribution is 2.47. The highest BCUT2D eigenvalue weighted by atomic mass is 35.5. The number of rotatable bonds is 4. The Morgan fingerprint density at radius 1 is 1.33 bits per heavy atom. The molecule has 154 valence electrons. The normalized spacial score (nSPS) is 19.2. The molecule has 0 saturated heterocycles. The minimum absolute atomic E-state index is 0.00486. The Morgan fingerprint density at radius 3 is 2.83 bits per heavy atom. The predicted molar refractivity (Wildman–Crippen MR) is 121 cm³/mol. The molecule has 0 fully saturated rings. The number of ketones is 1. The van der Waals surface area contributed by atoms with Crippen molar-refractivity contribution in [1.82, 2.24) is 10.2 Å². The van der Waals surface area contributed by atoms with Crippen molar-refractivity contribution in [2.45, 2.75) is 36.4 Å². The van der Waals surface area contributed by atoms with Crippen LogP contribution in [0.1, 0.15) is 37.7 Å². The number of nitrogens with two attached hydrogens (primary N) is 1. The summed E-state index contributed by atoms with van der Waals surface area (Å²) in [6, 6.07) is 7.37. The summed E-state index contributed by atoms with van der Waals surface area (Å²) < 4.78 is 0.815. The van der Waals surface area contributed by atoms with Crippen molar-refractivity contribution < 1.29 is 4.79 Å². The average molecular weight is 478 g/mol. The maximum absolute atomic E-state index is 13.1. The van der Waals surface area contributed by atoms with Crippen LogP contribution in [0.2, 0.25) is 10.0 Å². The van der Waals surface area contributed by atoms with E-state index >= 15 is 0 Å². The van der Waals surface area contributed by atoms with Crippen LogP contribution in [-0.4, -0.2) is 21.7 Å². The van der Waals surface area contributed by atoms with Gasteiger partial charge in [-0.2, -0.15) is 5.26 Å². The molecule has 1 aromatic carbocycles. The molecule has 0 spiro atoms. The Hall–Kier alpha value is -2.05. The number of carbonyl (C=O) groups is 1. The largest absolute Gasteiger partial charge is 0.384 e. The highest BCUT2D eigenvalue weighted by Gasteiger charge is 2.41. The lowest BCUT2D eigenvalue weighted by Crippen LogP contribution is -2.38. The van der Waals surface area contributed by atoms with Gasteiger partial charge in [0.25, 0.3) is 0 Å². The van der Waals surface area contributed by atoms with Gasteiger partial charge in [-0.3, -0.25) is 9.69 Å². The first-order valence-electron chi connectivity index (χ1n) is 9.33. The zero-order chi connectivity index (χ0) is 21.4. The second kappa shape index (κ2) is 8.60. The fourth-order valence-electron chi connectivity index (χ4n) is 3.80. The van der Waals surface area contributed by atoms with Crippen molar-refractivity contribution >= 4 is 57.2 Å². The van der Waals surface area contributed by atoms with Gasteiger partial charge in [-0.05, 0) is 36.3 Å². The zero-order valence-electron chi connectivity index (χ0n) is 16.0. The molecule has 2 heterocycles. The van der Waals surface area contributed by atoms with Gasteiger partial charge >= 0.3 is 0 Å². The first-order valence-corrected chi connectivity index (χ1v) is 11.9. The monoisotopic (exact) mass is 477 g/mol. The van der Waals surface area contributed by atoms with Crippen LogP contribution in [0, 0.1) is 11.3 Å². The molecule has 0 amide bonds. The molecule has 1 unspecified atom stereocenters. The molecular formula is C20H17Cl2N5OS2. The molecule has 6 nitrogen and oxygen atoms in total. The minimum atomic E-state index is -0.582. The minimum Gasteiger partial charge on any atom is -0.384 e. The van der Waals surface area contributed by atoms with E-state index in [0.717, 1.165) is 15.8 Å². The Bertz CT molecular complexity index is 1130. The number of anilines is 1. The molecule has 1 aliphatic carbocycles. The van der Waals surface area contributed by atoms with Gasteiger partial charge in [-0.25, -0.2) is 0 Å². The van der Waals surface area contributed by atoms with E-state index in [0.29, 0.717) is 51.1 Å². The van der Waals surface area contributed by atoms with Gasteiger partial charge in [0.1, 0.15) is 5.82 Å². The average Bonchev–Trinajstić information content (AvgIpc) is 3.18. The summed E-state index contributed by atoms with van der Waals surface area (Å²) in [4.78, 5) is 14.8. The topological polar surface area (TPSA) is 95.9 Å². The standard InChI is InChI=1S/C20H17Cl2N5OS2/c1-2-29-20-26-25-19(30-20)27-14-4-3-5-15(28)17(14)16(11(9-23)18(27)24)10-6-7-12(21)13(22)8-10/h6-8,16H,2-5,24H2,1H3. The summed E-state index contributed by atoms with van der Waals surface area (Å²) in [6.07, 6.45) is 1.80. The number of nitriles is 1. The van der Waals surface area contributed by atoms with Gasteiger partial charge in [-0.15, -0.1) is 10.2 Å². The predicted octanol–water partition coefficient (Wildman–Crippen LogP) is 5.26. The molecule has 1 atom stereocenters. The van der Waals surface area contributed by atoms with E-state index in [1.54, 1.807) is 34.9 Å². The van der Waals surface area contributed by atoms with Gasteiger partial charge in [0.2, 0.25) is 5.13 Å². The summed E-state index contributed by atoms with van der Waals surface area (Å²) in [5.74, 6) is 0.563. The molecule has 30 heavy (non-hydrogen) atoms. The Balaban J connectivity index is 1.91. The van der Waals surface area contributed by atoms with E-state index < -0.39 is 5.92 Å². The maximum Gasteiger partial charge on any atom is 0.219 e. The second-order valence-electron chi connectivity index (χ2n) is 6.77. The SMILES string of the molecule is CCSc1nnc(N2C(N)=C(C#N)C(c3ccc(Cl)c(Cl)c3)C3=C2CCCC3=O)s1. The summed E-state index contributed by atoms with van der Waals surface area (Å²) >= 11 is 15.3. The number of Topliss-reactive ketones (excluding diaryl/α,β-unsaturated/α-hetero) is 1. The Labute approximate surface area is 192 Å². The fourth-order valence-corrected chi connectivity index (χ4v) is 5.89. The number of thioether (sulfide) groups is 1. The van der Waals surface area contributed by atoms with Crippen molar-refractivity contribution in [2.75, 3.05) is 10.7 Å². The van der Waals surface area contributed by atoms with Gasteiger partial charge in [0.15, 0.2) is 10.1 Å². The summed E-state index contributed by atoms with van der Waals surface area (Å²) in [7, 11) is 0. The molecule has 2 aromatic rings. The first kappa shape index (κ1) is 21.2. The summed E-state index contributed by atoms with van der Waals surface area (Å²) in [5, 5.41) is 19.8. The lowest BCUT2D eigenvalue weighted by molar-refractivity contribution is -0.116. The van der Waals surface area contributed by atoms with Crippen LogP contribution in [0.5, 0.6) is 0 Å². The van der Waals surface area contributed by atoms with Crippen molar-refractivity contribution in [3.63, 3.8) is 0 Å². The highest BCUT2D eigenvalue weighted by molar-refractivity contribution is 8.01. The van der Waals surface area contributed by atoms with E-state index in [1.807, 2.05) is 6.92 Å². The van der Waals surface area contributed by atoms with E-state index in [9.17, 15) is 10.1 Å². The molecule has 1 aliphatic heterocycles. The quantitative estimate of drug-likeness (QED) is 0.599. The van der Waals surface area contributed by atoms with Crippen LogP contribution < -0.4 is 10.6 Å². The van der Waals surface area contributed by atoms with E-state index in [1.165, 1.54) is 11.3 Å². The van der Waals surface area contributed by atoms with Crippen LogP contribution >= 0.6 is 46.3 Å². The zero-order valence-corrected chi connectivity index (χ0v) is 19.1. The summed E-state index contributed by atoms with van der Waals surface area (Å²) in [5.41, 5.74) is 8.87. The molecule has 0 bridgehead atoms.